The van der Waals surface area contributed by atoms with Crippen LogP contribution in [0.2, 0.25) is 0 Å². The zero-order chi connectivity index (χ0) is 25.7. The summed E-state index contributed by atoms with van der Waals surface area (Å²) in [7, 11) is 4.15. The van der Waals surface area contributed by atoms with Gasteiger partial charge in [0.15, 0.2) is 5.65 Å². The molecule has 0 saturated carbocycles. The fraction of sp³-hybridized carbons (Fsp3) is 0.167. The number of pyridine rings is 3. The molecule has 36 heavy (non-hydrogen) atoms. The predicted molar refractivity (Wildman–Crippen MR) is 148 cm³/mol. The topological polar surface area (TPSA) is 41.9 Å². The Morgan fingerprint density at radius 1 is 1.06 bits per heavy atom. The summed E-state index contributed by atoms with van der Waals surface area (Å²) in [6, 6.07) is 16.3. The highest BCUT2D eigenvalue weighted by Crippen LogP contribution is 2.34. The summed E-state index contributed by atoms with van der Waals surface area (Å²) in [6.07, 6.45) is 9.17. The number of likely N-dealkylation sites (N-methyl/N-ethyl adjacent to an activating group) is 1. The molecule has 0 saturated heterocycles. The number of benzene rings is 1. The molecule has 0 bridgehead atoms. The van der Waals surface area contributed by atoms with Crippen LogP contribution in [0.3, 0.4) is 0 Å². The first-order valence-corrected chi connectivity index (χ1v) is 12.1. The lowest BCUT2D eigenvalue weighted by Gasteiger charge is -2.12. The lowest BCUT2D eigenvalue weighted by atomic mass is 9.97. The third kappa shape index (κ3) is 5.93. The molecular formula is C30H28ClFN4. The Kier molecular flexibility index (Phi) is 8.04. The number of halogens is 2. The summed E-state index contributed by atoms with van der Waals surface area (Å²) in [5, 5.41) is 1.06. The lowest BCUT2D eigenvalue weighted by Crippen LogP contribution is -2.14. The summed E-state index contributed by atoms with van der Waals surface area (Å²) in [6.45, 7) is 6.32. The first kappa shape index (κ1) is 25.4. The Bertz CT molecular complexity index is 1460. The van der Waals surface area contributed by atoms with E-state index in [2.05, 4.69) is 70.9 Å². The predicted octanol–water partition coefficient (Wildman–Crippen LogP) is 7.47. The minimum Gasteiger partial charge on any atom is -0.309 e. The SMILES string of the molecule is C=C(Cl)/C=C(\C(F)=C/C)c1cc(-c2cncc(-c3ccc(CCN(C)C)cc3)c2)c2cccnc2n1. The summed E-state index contributed by atoms with van der Waals surface area (Å²) in [5.41, 5.74) is 6.29. The molecule has 0 aliphatic heterocycles. The fourth-order valence-electron chi connectivity index (χ4n) is 3.97. The van der Waals surface area contributed by atoms with Crippen LogP contribution in [0.1, 0.15) is 18.2 Å². The molecule has 0 spiro atoms. The number of fused-ring (bicyclic) bond motifs is 1. The summed E-state index contributed by atoms with van der Waals surface area (Å²) in [5.74, 6) is -0.438. The molecule has 0 atom stereocenters. The van der Waals surface area contributed by atoms with E-state index in [-0.39, 0.29) is 10.6 Å². The number of allylic oxidation sites excluding steroid dienone is 5. The van der Waals surface area contributed by atoms with Crippen molar-refractivity contribution in [3.05, 3.63) is 108 Å². The molecule has 182 valence electrons. The van der Waals surface area contributed by atoms with E-state index in [0.717, 1.165) is 40.6 Å². The largest absolute Gasteiger partial charge is 0.309 e. The van der Waals surface area contributed by atoms with Crippen LogP contribution in [0.4, 0.5) is 4.39 Å². The van der Waals surface area contributed by atoms with Crippen LogP contribution in [-0.4, -0.2) is 40.5 Å². The molecule has 3 heterocycles. The van der Waals surface area contributed by atoms with E-state index in [9.17, 15) is 4.39 Å². The van der Waals surface area contributed by atoms with Gasteiger partial charge in [0.2, 0.25) is 0 Å². The first-order valence-electron chi connectivity index (χ1n) is 11.7. The van der Waals surface area contributed by atoms with Crippen LogP contribution in [0.15, 0.2) is 96.7 Å². The van der Waals surface area contributed by atoms with Gasteiger partial charge in [0.25, 0.3) is 0 Å². The van der Waals surface area contributed by atoms with Crippen molar-refractivity contribution in [2.75, 3.05) is 20.6 Å². The maximum atomic E-state index is 14.8. The Morgan fingerprint density at radius 3 is 2.50 bits per heavy atom. The van der Waals surface area contributed by atoms with E-state index in [0.29, 0.717) is 11.3 Å². The van der Waals surface area contributed by atoms with Crippen LogP contribution in [-0.2, 0) is 6.42 Å². The minimum absolute atomic E-state index is 0.212. The quantitative estimate of drug-likeness (QED) is 0.236. The highest BCUT2D eigenvalue weighted by molar-refractivity contribution is 6.31. The Labute approximate surface area is 216 Å². The standard InChI is InChI=1S/C30H28ClFN4/c1-5-28(32)27(15-20(2)31)29-17-26(25-7-6-13-34-30(25)35-29)24-16-23(18-33-19-24)22-10-8-21(9-11-22)12-14-36(3)4/h5-11,13,15-19H,2,12,14H2,1,3-4H3/b27-15+,28-5+. The van der Waals surface area contributed by atoms with Gasteiger partial charge in [-0.1, -0.05) is 48.5 Å². The van der Waals surface area contributed by atoms with Gasteiger partial charge in [-0.25, -0.2) is 14.4 Å². The van der Waals surface area contributed by atoms with Gasteiger partial charge in [-0.15, -0.1) is 0 Å². The summed E-state index contributed by atoms with van der Waals surface area (Å²) < 4.78 is 14.8. The van der Waals surface area contributed by atoms with Gasteiger partial charge in [0.1, 0.15) is 5.83 Å². The molecule has 4 rings (SSSR count). The molecule has 0 amide bonds. The van der Waals surface area contributed by atoms with E-state index in [4.69, 9.17) is 11.6 Å². The van der Waals surface area contributed by atoms with Crippen molar-refractivity contribution < 1.29 is 4.39 Å². The van der Waals surface area contributed by atoms with Crippen molar-refractivity contribution in [3.63, 3.8) is 0 Å². The molecule has 0 fully saturated rings. The minimum atomic E-state index is -0.438. The van der Waals surface area contributed by atoms with Crippen LogP contribution in [0.5, 0.6) is 0 Å². The highest BCUT2D eigenvalue weighted by Gasteiger charge is 2.15. The number of aromatic nitrogens is 3. The average Bonchev–Trinajstić information content (AvgIpc) is 2.89. The number of nitrogens with zero attached hydrogens (tertiary/aromatic N) is 4. The number of hydrogen-bond donors (Lipinski definition) is 0. The molecule has 6 heteroatoms. The summed E-state index contributed by atoms with van der Waals surface area (Å²) >= 11 is 6.01. The summed E-state index contributed by atoms with van der Waals surface area (Å²) in [4.78, 5) is 15.7. The third-order valence-corrected chi connectivity index (χ3v) is 5.97. The van der Waals surface area contributed by atoms with Crippen LogP contribution in [0, 0.1) is 0 Å². The molecule has 0 N–H and O–H groups in total. The smallest absolute Gasteiger partial charge is 0.160 e. The second-order valence-corrected chi connectivity index (χ2v) is 9.27. The van der Waals surface area contributed by atoms with Crippen molar-refractivity contribution in [3.8, 4) is 22.3 Å². The van der Waals surface area contributed by atoms with Crippen molar-refractivity contribution in [2.45, 2.75) is 13.3 Å². The zero-order valence-corrected chi connectivity index (χ0v) is 21.4. The molecule has 0 unspecified atom stereocenters. The van der Waals surface area contributed by atoms with Gasteiger partial charge >= 0.3 is 0 Å². The molecule has 0 aliphatic rings. The maximum Gasteiger partial charge on any atom is 0.160 e. The van der Waals surface area contributed by atoms with E-state index in [1.165, 1.54) is 17.7 Å². The normalized spacial score (nSPS) is 12.4. The third-order valence-electron chi connectivity index (χ3n) is 5.86. The Hall–Kier alpha value is -3.67. The Balaban J connectivity index is 1.80. The van der Waals surface area contributed by atoms with Crippen molar-refractivity contribution in [2.24, 2.45) is 0 Å². The number of rotatable bonds is 8. The van der Waals surface area contributed by atoms with Crippen molar-refractivity contribution in [1.29, 1.82) is 0 Å². The van der Waals surface area contributed by atoms with Crippen LogP contribution >= 0.6 is 11.6 Å². The first-order chi connectivity index (χ1) is 17.4. The zero-order valence-electron chi connectivity index (χ0n) is 20.7. The van der Waals surface area contributed by atoms with Gasteiger partial charge in [0.05, 0.1) is 5.69 Å². The Morgan fingerprint density at radius 2 is 1.81 bits per heavy atom. The molecule has 0 aliphatic carbocycles. The lowest BCUT2D eigenvalue weighted by molar-refractivity contribution is 0.413. The van der Waals surface area contributed by atoms with E-state index >= 15 is 0 Å². The molecule has 1 aromatic carbocycles. The second-order valence-electron chi connectivity index (χ2n) is 8.78. The van der Waals surface area contributed by atoms with Crippen LogP contribution < -0.4 is 0 Å². The molecule has 3 aromatic heterocycles. The van der Waals surface area contributed by atoms with Gasteiger partial charge < -0.3 is 4.90 Å². The monoisotopic (exact) mass is 498 g/mol. The van der Waals surface area contributed by atoms with Crippen LogP contribution in [0.25, 0.3) is 38.9 Å². The highest BCUT2D eigenvalue weighted by atomic mass is 35.5. The van der Waals surface area contributed by atoms with E-state index in [1.54, 1.807) is 19.3 Å². The van der Waals surface area contributed by atoms with E-state index in [1.807, 2.05) is 24.4 Å². The number of hydrogen-bond acceptors (Lipinski definition) is 4. The van der Waals surface area contributed by atoms with Crippen molar-refractivity contribution >= 4 is 28.2 Å². The average molecular weight is 499 g/mol. The van der Waals surface area contributed by atoms with Gasteiger partial charge in [-0.2, -0.15) is 0 Å². The molecule has 4 aromatic rings. The van der Waals surface area contributed by atoms with Gasteiger partial charge in [-0.3, -0.25) is 4.98 Å². The second kappa shape index (κ2) is 11.4. The fourth-order valence-corrected chi connectivity index (χ4v) is 4.08. The van der Waals surface area contributed by atoms with Crippen molar-refractivity contribution in [1.82, 2.24) is 19.9 Å². The molecular weight excluding hydrogens is 471 g/mol. The van der Waals surface area contributed by atoms with Gasteiger partial charge in [0, 0.05) is 52.3 Å². The molecule has 0 radical (unpaired) electrons. The van der Waals surface area contributed by atoms with E-state index < -0.39 is 5.83 Å². The van der Waals surface area contributed by atoms with Gasteiger partial charge in [-0.05, 0) is 74.5 Å². The molecule has 4 nitrogen and oxygen atoms in total. The maximum absolute atomic E-state index is 14.8.